The van der Waals surface area contributed by atoms with Gasteiger partial charge in [0.15, 0.2) is 0 Å². The standard InChI is InChI=1S/HN2OSi/c3-1-2-4/h(H,2,3). The van der Waals surface area contributed by atoms with Gasteiger partial charge in [-0.1, -0.05) is 0 Å². The van der Waals surface area contributed by atoms with E-state index in [4.69, 9.17) is 4.91 Å². The molecule has 0 aliphatic heterocycles. The third-order valence-electron chi connectivity index (χ3n) is 0.0456. The molecule has 0 aromatic carbocycles. The third-order valence-corrected chi connectivity index (χ3v) is 0.137. The lowest BCUT2D eigenvalue weighted by molar-refractivity contribution is 1.08. The average Bonchev–Trinajstić information content (AvgIpc) is 1.37. The van der Waals surface area contributed by atoms with Crippen molar-refractivity contribution in [2.75, 3.05) is 0 Å². The van der Waals surface area contributed by atoms with Crippen molar-refractivity contribution in [1.29, 1.82) is 0 Å². The lowest BCUT2D eigenvalue weighted by Gasteiger charge is -1.61. The topological polar surface area (TPSA) is 41.5 Å². The van der Waals surface area contributed by atoms with Gasteiger partial charge in [-0.15, -0.1) is 4.91 Å². The zero-order chi connectivity index (χ0) is 3.41. The Kier molecular flexibility index (Phi) is 2.37. The number of hydrogen-bond acceptors (Lipinski definition) is 2. The maximum absolute atomic E-state index is 8.76. The lowest BCUT2D eigenvalue weighted by Crippen LogP contribution is -1.91. The molecule has 4 heteroatoms. The molecule has 0 aliphatic carbocycles. The molecule has 0 saturated heterocycles. The molecular formula is HN2OSi. The Hall–Kier alpha value is -0.383. The molecule has 0 amide bonds. The summed E-state index contributed by atoms with van der Waals surface area (Å²) in [6.45, 7) is 0. The molecule has 0 aromatic heterocycles. The summed E-state index contributed by atoms with van der Waals surface area (Å²) in [5.41, 5.74) is 0. The first-order valence-electron chi connectivity index (χ1n) is 0.656. The minimum absolute atomic E-state index is 1.81. The Labute approximate surface area is 26.8 Å². The summed E-state index contributed by atoms with van der Waals surface area (Å²) in [7, 11) is 2.56. The van der Waals surface area contributed by atoms with E-state index in [1.54, 1.807) is 5.09 Å². The van der Waals surface area contributed by atoms with Crippen LogP contribution in [-0.4, -0.2) is 10.4 Å². The Balaban J connectivity index is 2.30. The highest BCUT2D eigenvalue weighted by Crippen LogP contribution is 1.29. The van der Waals surface area contributed by atoms with Crippen LogP contribution in [0.3, 0.4) is 0 Å². The van der Waals surface area contributed by atoms with Crippen LogP contribution >= 0.6 is 0 Å². The molecule has 0 rings (SSSR count). The van der Waals surface area contributed by atoms with Crippen LogP contribution in [0.4, 0.5) is 0 Å². The molecule has 0 heterocycles. The van der Waals surface area contributed by atoms with Crippen molar-refractivity contribution in [2.24, 2.45) is 5.29 Å². The summed E-state index contributed by atoms with van der Waals surface area (Å²) in [6.07, 6.45) is 0. The molecule has 0 aromatic rings. The fourth-order valence-corrected chi connectivity index (χ4v) is 0. The van der Waals surface area contributed by atoms with E-state index in [2.05, 4.69) is 15.7 Å². The molecule has 0 saturated carbocycles. The van der Waals surface area contributed by atoms with Crippen molar-refractivity contribution in [3.8, 4) is 0 Å². The van der Waals surface area contributed by atoms with Crippen LogP contribution in [0.5, 0.6) is 0 Å². The molecule has 0 unspecified atom stereocenters. The van der Waals surface area contributed by atoms with Crippen LogP contribution in [-0.2, 0) is 0 Å². The van der Waals surface area contributed by atoms with Gasteiger partial charge in [-0.05, 0) is 0 Å². The Morgan fingerprint density at radius 3 is 2.25 bits per heavy atom. The van der Waals surface area contributed by atoms with Gasteiger partial charge in [0.05, 0.1) is 0 Å². The summed E-state index contributed by atoms with van der Waals surface area (Å²) < 4.78 is 0. The number of nitrogens with zero attached hydrogens (tertiary/aromatic N) is 1. The summed E-state index contributed by atoms with van der Waals surface area (Å²) >= 11 is 0. The first-order valence-corrected chi connectivity index (χ1v) is 1.16. The normalized spacial score (nSPS) is 5.25. The predicted octanol–water partition coefficient (Wildman–Crippen LogP) is -0.659. The molecule has 0 spiro atoms. The quantitative estimate of drug-likeness (QED) is 0.254. The van der Waals surface area contributed by atoms with Crippen LogP contribution in [0, 0.1) is 4.91 Å². The highest BCUT2D eigenvalue weighted by atomic mass is 28.2. The van der Waals surface area contributed by atoms with E-state index in [9.17, 15) is 0 Å². The van der Waals surface area contributed by atoms with Gasteiger partial charge in [-0.25, -0.2) is 0 Å². The monoisotopic (exact) mass is 73.0 g/mol. The van der Waals surface area contributed by atoms with E-state index in [-0.39, 0.29) is 0 Å². The molecule has 21 valence electrons. The van der Waals surface area contributed by atoms with Crippen LogP contribution in [0.25, 0.3) is 0 Å². The van der Waals surface area contributed by atoms with Crippen LogP contribution < -0.4 is 5.09 Å². The average molecular weight is 73.1 g/mol. The molecule has 0 aliphatic rings. The predicted molar refractivity (Wildman–Crippen MR) is 14.7 cm³/mol. The van der Waals surface area contributed by atoms with Crippen molar-refractivity contribution in [3.63, 3.8) is 0 Å². The summed E-state index contributed by atoms with van der Waals surface area (Å²) in [5.74, 6) is 0. The van der Waals surface area contributed by atoms with Gasteiger partial charge in [0.25, 0.3) is 0 Å². The van der Waals surface area contributed by atoms with Crippen LogP contribution in [0.1, 0.15) is 0 Å². The Morgan fingerprint density at radius 1 is 2.00 bits per heavy atom. The van der Waals surface area contributed by atoms with Gasteiger partial charge < -0.3 is 5.09 Å². The second-order valence-corrected chi connectivity index (χ2v) is 0.427. The summed E-state index contributed by atoms with van der Waals surface area (Å²) in [5, 5.41) is 3.96. The van der Waals surface area contributed by atoms with Crippen molar-refractivity contribution in [3.05, 3.63) is 4.91 Å². The van der Waals surface area contributed by atoms with Crippen molar-refractivity contribution in [1.82, 2.24) is 5.09 Å². The van der Waals surface area contributed by atoms with E-state index in [0.29, 0.717) is 0 Å². The molecule has 0 atom stereocenters. The smallest absolute Gasteiger partial charge is 0.217 e. The minimum Gasteiger partial charge on any atom is -0.304 e. The van der Waals surface area contributed by atoms with E-state index in [1.165, 1.54) is 0 Å². The molecule has 3 radical (unpaired) electrons. The second kappa shape index (κ2) is 2.62. The van der Waals surface area contributed by atoms with Gasteiger partial charge in [0, 0.05) is 5.29 Å². The highest BCUT2D eigenvalue weighted by Gasteiger charge is 1.44. The largest absolute Gasteiger partial charge is 0.304 e. The maximum Gasteiger partial charge on any atom is 0.217 e. The molecule has 4 heavy (non-hydrogen) atoms. The Morgan fingerprint density at radius 2 is 2.25 bits per heavy atom. The van der Waals surface area contributed by atoms with Gasteiger partial charge in [0.2, 0.25) is 10.4 Å². The summed E-state index contributed by atoms with van der Waals surface area (Å²) in [6, 6.07) is 0. The minimum atomic E-state index is 1.81. The Bertz CT molecular complexity index is 20.0. The second-order valence-electron chi connectivity index (χ2n) is 0.203. The molecule has 1 N–H and O–H groups in total. The fourth-order valence-electron chi connectivity index (χ4n) is 0. The lowest BCUT2D eigenvalue weighted by atomic mass is 12.9. The van der Waals surface area contributed by atoms with Gasteiger partial charge in [-0.2, -0.15) is 0 Å². The molecule has 0 bridgehead atoms. The zero-order valence-corrected chi connectivity index (χ0v) is 2.86. The van der Waals surface area contributed by atoms with Gasteiger partial charge in [-0.3, -0.25) is 0 Å². The van der Waals surface area contributed by atoms with E-state index >= 15 is 0 Å². The van der Waals surface area contributed by atoms with Crippen LogP contribution in [0.15, 0.2) is 5.29 Å². The van der Waals surface area contributed by atoms with Crippen molar-refractivity contribution < 1.29 is 0 Å². The zero-order valence-electron chi connectivity index (χ0n) is 1.86. The van der Waals surface area contributed by atoms with E-state index < -0.39 is 0 Å². The first kappa shape index (κ1) is 3.62. The summed E-state index contributed by atoms with van der Waals surface area (Å²) in [4.78, 5) is 8.76. The number of rotatable bonds is 1. The van der Waals surface area contributed by atoms with E-state index in [0.717, 1.165) is 0 Å². The third kappa shape index (κ3) is 1.62. The number of hydrogen-bond donors (Lipinski definition) is 1. The van der Waals surface area contributed by atoms with Crippen molar-refractivity contribution in [2.45, 2.75) is 0 Å². The number of nitrogens with one attached hydrogen (secondary N) is 1. The molecular weight excluding hydrogens is 72.1 g/mol. The number of nitroso groups, excluding NO2 is 1. The molecule has 3 nitrogen and oxygen atoms in total. The van der Waals surface area contributed by atoms with Crippen molar-refractivity contribution >= 4 is 10.4 Å². The van der Waals surface area contributed by atoms with E-state index in [1.807, 2.05) is 0 Å². The SMILES string of the molecule is O=NN[Si]. The van der Waals surface area contributed by atoms with Gasteiger partial charge >= 0.3 is 0 Å². The molecule has 0 fully saturated rings. The van der Waals surface area contributed by atoms with Crippen LogP contribution in [0.2, 0.25) is 0 Å². The maximum atomic E-state index is 8.76. The first-order chi connectivity index (χ1) is 1.91. The highest BCUT2D eigenvalue weighted by molar-refractivity contribution is 6.03. The fraction of sp³-hybridized carbons (Fsp3) is 0. The van der Waals surface area contributed by atoms with Gasteiger partial charge in [0.1, 0.15) is 0 Å².